The van der Waals surface area contributed by atoms with E-state index < -0.39 is 0 Å². The zero-order valence-corrected chi connectivity index (χ0v) is 13.0. The maximum Gasteiger partial charge on any atom is 0.191 e. The molecule has 1 fully saturated rings. The maximum atomic E-state index is 5.95. The molecule has 0 aliphatic carbocycles. The number of halogens is 1. The number of nitrogens with zero attached hydrogens (tertiary/aromatic N) is 2. The molecule has 2 N–H and O–H groups in total. The smallest absolute Gasteiger partial charge is 0.191 e. The number of ether oxygens (including phenoxy) is 1. The summed E-state index contributed by atoms with van der Waals surface area (Å²) in [5.74, 6) is 0.628. The third kappa shape index (κ3) is 4.44. The Balaban J connectivity index is 0.00000144. The first kappa shape index (κ1) is 14.7. The molecule has 0 radical (unpaired) electrons. The second-order valence-electron chi connectivity index (χ2n) is 3.88. The molecule has 0 spiro atoms. The summed E-state index contributed by atoms with van der Waals surface area (Å²) < 4.78 is 5.46. The number of hydrogen-bond donors (Lipinski definition) is 1. The Morgan fingerprint density at radius 1 is 1.71 bits per heavy atom. The van der Waals surface area contributed by atoms with Crippen molar-refractivity contribution in [1.29, 1.82) is 0 Å². The summed E-state index contributed by atoms with van der Waals surface area (Å²) in [5.41, 5.74) is 5.95. The fourth-order valence-electron chi connectivity index (χ4n) is 1.69. The van der Waals surface area contributed by atoms with Gasteiger partial charge in [-0.3, -0.25) is 0 Å². The third-order valence-corrected chi connectivity index (χ3v) is 3.40. The van der Waals surface area contributed by atoms with Crippen molar-refractivity contribution in [2.75, 3.05) is 19.7 Å². The zero-order chi connectivity index (χ0) is 11.4. The maximum absolute atomic E-state index is 5.95. The topological polar surface area (TPSA) is 50.8 Å². The summed E-state index contributed by atoms with van der Waals surface area (Å²) in [6, 6.07) is 4.10. The van der Waals surface area contributed by atoms with Gasteiger partial charge in [-0.15, -0.1) is 35.3 Å². The number of aliphatic imine (C=N–C) groups is 1. The summed E-state index contributed by atoms with van der Waals surface area (Å²) in [6.45, 7) is 5.13. The van der Waals surface area contributed by atoms with Crippen molar-refractivity contribution in [2.24, 2.45) is 10.7 Å². The molecule has 1 aromatic rings. The van der Waals surface area contributed by atoms with Crippen LogP contribution in [-0.4, -0.2) is 36.7 Å². The minimum Gasteiger partial charge on any atom is -0.375 e. The summed E-state index contributed by atoms with van der Waals surface area (Å²) >= 11 is 1.71. The summed E-state index contributed by atoms with van der Waals surface area (Å²) in [5, 5.41) is 2.05. The van der Waals surface area contributed by atoms with Crippen LogP contribution in [0.15, 0.2) is 22.5 Å². The van der Waals surface area contributed by atoms with Gasteiger partial charge < -0.3 is 15.4 Å². The van der Waals surface area contributed by atoms with E-state index in [9.17, 15) is 0 Å². The van der Waals surface area contributed by atoms with Crippen LogP contribution in [0.3, 0.4) is 0 Å². The monoisotopic (exact) mass is 367 g/mol. The van der Waals surface area contributed by atoms with Crippen LogP contribution >= 0.6 is 35.3 Å². The molecule has 0 aromatic carbocycles. The van der Waals surface area contributed by atoms with Crippen LogP contribution in [0.5, 0.6) is 0 Å². The van der Waals surface area contributed by atoms with Gasteiger partial charge in [0.2, 0.25) is 0 Å². The van der Waals surface area contributed by atoms with E-state index in [-0.39, 0.29) is 30.1 Å². The molecule has 1 atom stereocenters. The normalized spacial score (nSPS) is 21.1. The molecule has 0 amide bonds. The van der Waals surface area contributed by atoms with Crippen LogP contribution in [0.25, 0.3) is 0 Å². The molecule has 1 aliphatic heterocycles. The van der Waals surface area contributed by atoms with Crippen LogP contribution in [-0.2, 0) is 11.3 Å². The summed E-state index contributed by atoms with van der Waals surface area (Å²) in [7, 11) is 0. The Bertz CT molecular complexity index is 356. The second-order valence-corrected chi connectivity index (χ2v) is 4.91. The molecule has 2 rings (SSSR count). The second kappa shape index (κ2) is 7.17. The van der Waals surface area contributed by atoms with Gasteiger partial charge in [0, 0.05) is 18.0 Å². The lowest BCUT2D eigenvalue weighted by Crippen LogP contribution is -2.47. The van der Waals surface area contributed by atoms with Gasteiger partial charge in [-0.25, -0.2) is 4.99 Å². The zero-order valence-electron chi connectivity index (χ0n) is 9.83. The highest BCUT2D eigenvalue weighted by Crippen LogP contribution is 2.10. The van der Waals surface area contributed by atoms with Gasteiger partial charge >= 0.3 is 0 Å². The van der Waals surface area contributed by atoms with Crippen molar-refractivity contribution in [2.45, 2.75) is 19.6 Å². The van der Waals surface area contributed by atoms with Crippen molar-refractivity contribution < 1.29 is 4.74 Å². The highest BCUT2D eigenvalue weighted by atomic mass is 127. The Hall–Kier alpha value is -0.340. The van der Waals surface area contributed by atoms with E-state index in [0.29, 0.717) is 12.5 Å². The molecule has 1 aromatic heterocycles. The Morgan fingerprint density at radius 3 is 3.18 bits per heavy atom. The Labute approximate surface area is 123 Å². The predicted molar refractivity (Wildman–Crippen MR) is 82.0 cm³/mol. The molecule has 0 saturated carbocycles. The minimum absolute atomic E-state index is 0. The third-order valence-electron chi connectivity index (χ3n) is 2.54. The van der Waals surface area contributed by atoms with Gasteiger partial charge in [-0.05, 0) is 18.4 Å². The van der Waals surface area contributed by atoms with Gasteiger partial charge in [0.05, 0.1) is 19.3 Å². The lowest BCUT2D eigenvalue weighted by atomic mass is 10.3. The van der Waals surface area contributed by atoms with Crippen LogP contribution in [0.2, 0.25) is 0 Å². The average Bonchev–Trinajstić information content (AvgIpc) is 2.78. The Kier molecular flexibility index (Phi) is 6.21. The number of morpholine rings is 1. The minimum atomic E-state index is 0. The molecule has 17 heavy (non-hydrogen) atoms. The number of nitrogens with two attached hydrogens (primary N) is 1. The molecule has 6 heteroatoms. The van der Waals surface area contributed by atoms with Gasteiger partial charge in [-0.2, -0.15) is 0 Å². The molecule has 96 valence electrons. The van der Waals surface area contributed by atoms with Gasteiger partial charge in [0.15, 0.2) is 5.96 Å². The van der Waals surface area contributed by atoms with E-state index in [1.54, 1.807) is 11.3 Å². The van der Waals surface area contributed by atoms with E-state index in [0.717, 1.165) is 19.7 Å². The molecule has 1 unspecified atom stereocenters. The van der Waals surface area contributed by atoms with Crippen molar-refractivity contribution in [3.8, 4) is 0 Å². The molecular formula is C11H18IN3OS. The molecule has 1 saturated heterocycles. The molecule has 2 heterocycles. The van der Waals surface area contributed by atoms with Crippen LogP contribution in [0.1, 0.15) is 11.8 Å². The fraction of sp³-hybridized carbons (Fsp3) is 0.545. The lowest BCUT2D eigenvalue weighted by Gasteiger charge is -2.31. The van der Waals surface area contributed by atoms with Crippen molar-refractivity contribution in [1.82, 2.24) is 4.90 Å². The van der Waals surface area contributed by atoms with Gasteiger partial charge in [-0.1, -0.05) is 6.07 Å². The lowest BCUT2D eigenvalue weighted by molar-refractivity contribution is 0.00529. The number of hydrogen-bond acceptors (Lipinski definition) is 3. The van der Waals surface area contributed by atoms with E-state index in [1.165, 1.54) is 4.88 Å². The highest BCUT2D eigenvalue weighted by Gasteiger charge is 2.17. The summed E-state index contributed by atoms with van der Waals surface area (Å²) in [4.78, 5) is 7.73. The molecule has 0 bridgehead atoms. The SMILES string of the molecule is CC1CN(C(N)=NCc2cccs2)CCO1.I. The predicted octanol–water partition coefficient (Wildman–Crippen LogP) is 1.90. The van der Waals surface area contributed by atoms with Crippen LogP contribution < -0.4 is 5.73 Å². The van der Waals surface area contributed by atoms with Gasteiger partial charge in [0.25, 0.3) is 0 Å². The molecular weight excluding hydrogens is 349 g/mol. The first-order valence-corrected chi connectivity index (χ1v) is 6.32. The van der Waals surface area contributed by atoms with Crippen molar-refractivity contribution in [3.05, 3.63) is 22.4 Å². The quantitative estimate of drug-likeness (QED) is 0.494. The van der Waals surface area contributed by atoms with Crippen LogP contribution in [0.4, 0.5) is 0 Å². The Morgan fingerprint density at radius 2 is 2.53 bits per heavy atom. The van der Waals surface area contributed by atoms with E-state index in [1.807, 2.05) is 6.07 Å². The largest absolute Gasteiger partial charge is 0.375 e. The van der Waals surface area contributed by atoms with Crippen molar-refractivity contribution >= 4 is 41.3 Å². The highest BCUT2D eigenvalue weighted by molar-refractivity contribution is 14.0. The fourth-order valence-corrected chi connectivity index (χ4v) is 2.32. The summed E-state index contributed by atoms with van der Waals surface area (Å²) in [6.07, 6.45) is 0.240. The number of guanidine groups is 1. The van der Waals surface area contributed by atoms with Crippen molar-refractivity contribution in [3.63, 3.8) is 0 Å². The standard InChI is InChI=1S/C11H17N3OS.HI/c1-9-8-14(4-5-15-9)11(12)13-7-10-3-2-6-16-10;/h2-3,6,9H,4-5,7-8H2,1H3,(H2,12,13);1H. The first-order chi connectivity index (χ1) is 7.75. The molecule has 1 aliphatic rings. The van der Waals surface area contributed by atoms with E-state index in [4.69, 9.17) is 10.5 Å². The van der Waals surface area contributed by atoms with Crippen LogP contribution in [0, 0.1) is 0 Å². The average molecular weight is 367 g/mol. The first-order valence-electron chi connectivity index (χ1n) is 5.44. The van der Waals surface area contributed by atoms with E-state index in [2.05, 4.69) is 28.3 Å². The number of thiophene rings is 1. The molecule has 4 nitrogen and oxygen atoms in total. The van der Waals surface area contributed by atoms with E-state index >= 15 is 0 Å². The van der Waals surface area contributed by atoms with Gasteiger partial charge in [0.1, 0.15) is 0 Å². The number of rotatable bonds is 2.